The fourth-order valence-corrected chi connectivity index (χ4v) is 3.59. The third kappa shape index (κ3) is 4.75. The van der Waals surface area contributed by atoms with Crippen LogP contribution >= 0.6 is 0 Å². The first-order valence-electron chi connectivity index (χ1n) is 8.31. The maximum Gasteiger partial charge on any atom is 0.00674 e. The highest BCUT2D eigenvalue weighted by molar-refractivity contribution is 4.86. The summed E-state index contributed by atoms with van der Waals surface area (Å²) in [5.74, 6) is 0. The third-order valence-electron chi connectivity index (χ3n) is 5.59. The van der Waals surface area contributed by atoms with Crippen LogP contribution in [0, 0.1) is 10.8 Å². The van der Waals surface area contributed by atoms with E-state index in [-0.39, 0.29) is 0 Å². The monoisotopic (exact) mass is 266 g/mol. The first-order chi connectivity index (χ1) is 8.89. The van der Waals surface area contributed by atoms with E-state index in [0.29, 0.717) is 10.8 Å². The zero-order chi connectivity index (χ0) is 13.9. The molecule has 1 saturated carbocycles. The molecule has 2 heteroatoms. The topological polar surface area (TPSA) is 15.3 Å². The van der Waals surface area contributed by atoms with Crippen molar-refractivity contribution in [3.8, 4) is 0 Å². The number of nitrogens with zero attached hydrogens (tertiary/aromatic N) is 1. The Balaban J connectivity index is 1.76. The lowest BCUT2D eigenvalue weighted by atomic mass is 9.80. The van der Waals surface area contributed by atoms with Gasteiger partial charge in [-0.1, -0.05) is 27.2 Å². The zero-order valence-electron chi connectivity index (χ0n) is 13.6. The Morgan fingerprint density at radius 2 is 1.68 bits per heavy atom. The van der Waals surface area contributed by atoms with Crippen molar-refractivity contribution in [2.24, 2.45) is 10.8 Å². The van der Waals surface area contributed by atoms with Crippen molar-refractivity contribution in [2.45, 2.75) is 71.8 Å². The van der Waals surface area contributed by atoms with Gasteiger partial charge < -0.3 is 10.2 Å². The van der Waals surface area contributed by atoms with E-state index in [9.17, 15) is 0 Å². The van der Waals surface area contributed by atoms with Crippen LogP contribution < -0.4 is 5.32 Å². The summed E-state index contributed by atoms with van der Waals surface area (Å²) in [7, 11) is 2.25. The van der Waals surface area contributed by atoms with Crippen LogP contribution in [0.3, 0.4) is 0 Å². The summed E-state index contributed by atoms with van der Waals surface area (Å²) in [6, 6.07) is 0.776. The molecule has 0 aromatic rings. The van der Waals surface area contributed by atoms with Crippen LogP contribution in [0.5, 0.6) is 0 Å². The minimum absolute atomic E-state index is 0.536. The lowest BCUT2D eigenvalue weighted by Gasteiger charge is -2.39. The number of hydrogen-bond donors (Lipinski definition) is 1. The normalized spacial score (nSPS) is 31.9. The first-order valence-corrected chi connectivity index (χ1v) is 8.31. The fraction of sp³-hybridized carbons (Fsp3) is 1.00. The molecule has 0 radical (unpaired) electrons. The molecule has 2 fully saturated rings. The van der Waals surface area contributed by atoms with E-state index in [1.165, 1.54) is 64.6 Å². The molecule has 1 aliphatic carbocycles. The summed E-state index contributed by atoms with van der Waals surface area (Å²) in [5, 5.41) is 3.91. The third-order valence-corrected chi connectivity index (χ3v) is 5.59. The van der Waals surface area contributed by atoms with E-state index in [4.69, 9.17) is 0 Å². The van der Waals surface area contributed by atoms with E-state index in [1.54, 1.807) is 0 Å². The fourth-order valence-electron chi connectivity index (χ4n) is 3.59. The minimum atomic E-state index is 0.536. The van der Waals surface area contributed by atoms with Crippen LogP contribution in [0.4, 0.5) is 0 Å². The second-order valence-corrected chi connectivity index (χ2v) is 8.29. The standard InChI is InChI=1S/C17H34N2/c1-16(2)8-5-6-15(7-9-16)18-14-17(3)10-12-19(4)13-11-17/h15,18H,5-14H2,1-4H3. The lowest BCUT2D eigenvalue weighted by Crippen LogP contribution is -2.44. The van der Waals surface area contributed by atoms with Crippen LogP contribution in [0.2, 0.25) is 0 Å². The predicted octanol–water partition coefficient (Wildman–Crippen LogP) is 3.67. The average molecular weight is 266 g/mol. The quantitative estimate of drug-likeness (QED) is 0.784. The molecule has 19 heavy (non-hydrogen) atoms. The molecule has 0 aromatic carbocycles. The maximum atomic E-state index is 3.91. The molecule has 2 rings (SSSR count). The van der Waals surface area contributed by atoms with Gasteiger partial charge in [-0.2, -0.15) is 0 Å². The molecule has 112 valence electrons. The molecular weight excluding hydrogens is 232 g/mol. The van der Waals surface area contributed by atoms with Crippen LogP contribution in [0.15, 0.2) is 0 Å². The van der Waals surface area contributed by atoms with Crippen LogP contribution in [-0.4, -0.2) is 37.6 Å². The molecule has 1 atom stereocenters. The van der Waals surface area contributed by atoms with E-state index in [2.05, 4.69) is 38.0 Å². The number of piperidine rings is 1. The molecule has 0 spiro atoms. The van der Waals surface area contributed by atoms with Crippen molar-refractivity contribution in [2.75, 3.05) is 26.7 Å². The Morgan fingerprint density at radius 3 is 2.37 bits per heavy atom. The largest absolute Gasteiger partial charge is 0.313 e. The lowest BCUT2D eigenvalue weighted by molar-refractivity contribution is 0.132. The maximum absolute atomic E-state index is 3.91. The highest BCUT2D eigenvalue weighted by Gasteiger charge is 2.30. The van der Waals surface area contributed by atoms with Crippen molar-refractivity contribution < 1.29 is 0 Å². The molecule has 1 N–H and O–H groups in total. The summed E-state index contributed by atoms with van der Waals surface area (Å²) in [5.41, 5.74) is 1.11. The summed E-state index contributed by atoms with van der Waals surface area (Å²) in [4.78, 5) is 2.47. The molecule has 1 unspecified atom stereocenters. The van der Waals surface area contributed by atoms with Crippen molar-refractivity contribution in [3.63, 3.8) is 0 Å². The first kappa shape index (κ1) is 15.3. The Morgan fingerprint density at radius 1 is 1.00 bits per heavy atom. The van der Waals surface area contributed by atoms with Gasteiger partial charge in [-0.15, -0.1) is 0 Å². The van der Waals surface area contributed by atoms with Gasteiger partial charge in [0.25, 0.3) is 0 Å². The van der Waals surface area contributed by atoms with Gasteiger partial charge in [0.2, 0.25) is 0 Å². The second kappa shape index (κ2) is 6.13. The summed E-state index contributed by atoms with van der Waals surface area (Å²) in [6.45, 7) is 11.1. The van der Waals surface area contributed by atoms with E-state index >= 15 is 0 Å². The van der Waals surface area contributed by atoms with Crippen LogP contribution in [0.1, 0.15) is 65.7 Å². The van der Waals surface area contributed by atoms with E-state index < -0.39 is 0 Å². The van der Waals surface area contributed by atoms with Crippen molar-refractivity contribution >= 4 is 0 Å². The molecule has 0 bridgehead atoms. The highest BCUT2D eigenvalue weighted by Crippen LogP contribution is 2.34. The van der Waals surface area contributed by atoms with Gasteiger partial charge in [-0.25, -0.2) is 0 Å². The zero-order valence-corrected chi connectivity index (χ0v) is 13.6. The molecule has 1 heterocycles. The van der Waals surface area contributed by atoms with Crippen molar-refractivity contribution in [1.82, 2.24) is 10.2 Å². The molecule has 2 aliphatic rings. The molecule has 0 aromatic heterocycles. The number of rotatable bonds is 3. The Hall–Kier alpha value is -0.0800. The highest BCUT2D eigenvalue weighted by atomic mass is 15.1. The van der Waals surface area contributed by atoms with Crippen LogP contribution in [-0.2, 0) is 0 Å². The summed E-state index contributed by atoms with van der Waals surface area (Å²) >= 11 is 0. The van der Waals surface area contributed by atoms with Gasteiger partial charge in [0, 0.05) is 12.6 Å². The van der Waals surface area contributed by atoms with Gasteiger partial charge in [-0.05, 0) is 69.5 Å². The van der Waals surface area contributed by atoms with Gasteiger partial charge in [0.05, 0.1) is 0 Å². The van der Waals surface area contributed by atoms with Gasteiger partial charge >= 0.3 is 0 Å². The van der Waals surface area contributed by atoms with Crippen molar-refractivity contribution in [1.29, 1.82) is 0 Å². The average Bonchev–Trinajstić information content (AvgIpc) is 2.52. The Labute approximate surface area is 120 Å². The minimum Gasteiger partial charge on any atom is -0.313 e. The predicted molar refractivity (Wildman–Crippen MR) is 83.5 cm³/mol. The van der Waals surface area contributed by atoms with E-state index in [0.717, 1.165) is 6.04 Å². The van der Waals surface area contributed by atoms with Gasteiger partial charge in [-0.3, -0.25) is 0 Å². The molecule has 0 amide bonds. The number of likely N-dealkylation sites (tertiary alicyclic amines) is 1. The Bertz CT molecular complexity index is 277. The van der Waals surface area contributed by atoms with E-state index in [1.807, 2.05) is 0 Å². The van der Waals surface area contributed by atoms with Crippen molar-refractivity contribution in [3.05, 3.63) is 0 Å². The second-order valence-electron chi connectivity index (χ2n) is 8.29. The molecule has 1 aliphatic heterocycles. The number of hydrogen-bond acceptors (Lipinski definition) is 2. The smallest absolute Gasteiger partial charge is 0.00674 e. The summed E-state index contributed by atoms with van der Waals surface area (Å²) in [6.07, 6.45) is 9.69. The number of nitrogens with one attached hydrogen (secondary N) is 1. The van der Waals surface area contributed by atoms with Gasteiger partial charge in [0.1, 0.15) is 0 Å². The van der Waals surface area contributed by atoms with Gasteiger partial charge in [0.15, 0.2) is 0 Å². The summed E-state index contributed by atoms with van der Waals surface area (Å²) < 4.78 is 0. The molecular formula is C17H34N2. The molecule has 2 nitrogen and oxygen atoms in total. The Kier molecular flexibility index (Phi) is 4.94. The molecule has 1 saturated heterocycles. The van der Waals surface area contributed by atoms with Crippen LogP contribution in [0.25, 0.3) is 0 Å². The SMILES string of the molecule is CN1CCC(C)(CNC2CCCC(C)(C)CC2)CC1.